The number of hydrogen-bond acceptors (Lipinski definition) is 2. The second-order valence-electron chi connectivity index (χ2n) is 18.3. The number of thiophene rings is 2. The van der Waals surface area contributed by atoms with Crippen molar-refractivity contribution in [2.24, 2.45) is 0 Å². The molecule has 2 nitrogen and oxygen atoms in total. The standard InChI is InChI=1S/C60H40N2S2/c1-10-28-60(29-11-1)50-30-36(37-21-25-43-41-12-2-6-16-52(41)61(54(43)31-37)38-23-27-58-49(32-38)45-15-5-9-19-57(45)63-58)20-24-40(50)47-35-55-48(34-51(47)60)42-13-3-7-17-53(42)62(55)39-22-26-46-44-14-4-8-18-56(44)64-59(46)33-39/h2-9,12-27,30-35H,1,10-11,28-29H2. The van der Waals surface area contributed by atoms with Gasteiger partial charge in [0.1, 0.15) is 0 Å². The molecule has 15 rings (SSSR count). The molecule has 4 aromatic heterocycles. The lowest BCUT2D eigenvalue weighted by Crippen LogP contribution is -2.28. The minimum Gasteiger partial charge on any atom is -0.309 e. The van der Waals surface area contributed by atoms with Gasteiger partial charge in [-0.3, -0.25) is 0 Å². The monoisotopic (exact) mass is 852 g/mol. The maximum atomic E-state index is 2.62. The van der Waals surface area contributed by atoms with E-state index in [1.807, 2.05) is 22.7 Å². The zero-order chi connectivity index (χ0) is 41.7. The Morgan fingerprint density at radius 3 is 1.64 bits per heavy atom. The summed E-state index contributed by atoms with van der Waals surface area (Å²) in [6.45, 7) is 0. The van der Waals surface area contributed by atoms with E-state index in [-0.39, 0.29) is 5.41 Å². The van der Waals surface area contributed by atoms with Gasteiger partial charge in [0.05, 0.1) is 22.1 Å². The summed E-state index contributed by atoms with van der Waals surface area (Å²) < 4.78 is 10.4. The molecule has 64 heavy (non-hydrogen) atoms. The Balaban J connectivity index is 0.917. The quantitative estimate of drug-likeness (QED) is 0.168. The van der Waals surface area contributed by atoms with Crippen LogP contribution in [0.15, 0.2) is 182 Å². The second kappa shape index (κ2) is 13.0. The molecular formula is C60H40N2S2. The van der Waals surface area contributed by atoms with Gasteiger partial charge in [0.25, 0.3) is 0 Å². The van der Waals surface area contributed by atoms with Crippen molar-refractivity contribution in [2.75, 3.05) is 0 Å². The van der Waals surface area contributed by atoms with Crippen molar-refractivity contribution in [2.45, 2.75) is 37.5 Å². The molecular weight excluding hydrogens is 813 g/mol. The topological polar surface area (TPSA) is 9.86 Å². The van der Waals surface area contributed by atoms with E-state index >= 15 is 0 Å². The van der Waals surface area contributed by atoms with Crippen LogP contribution in [-0.2, 0) is 5.41 Å². The molecule has 2 aliphatic carbocycles. The highest BCUT2D eigenvalue weighted by atomic mass is 32.1. The summed E-state index contributed by atoms with van der Waals surface area (Å²) in [4.78, 5) is 0. The van der Waals surface area contributed by atoms with Crippen LogP contribution >= 0.6 is 22.7 Å². The molecule has 0 N–H and O–H groups in total. The third kappa shape index (κ3) is 4.79. The summed E-state index contributed by atoms with van der Waals surface area (Å²) in [6, 6.07) is 69.6. The summed E-state index contributed by atoms with van der Waals surface area (Å²) >= 11 is 3.78. The first kappa shape index (κ1) is 35.5. The van der Waals surface area contributed by atoms with Crippen LogP contribution in [0.4, 0.5) is 0 Å². The maximum absolute atomic E-state index is 2.62. The summed E-state index contributed by atoms with van der Waals surface area (Å²) in [5, 5.41) is 10.6. The van der Waals surface area contributed by atoms with E-state index in [0.717, 1.165) is 0 Å². The van der Waals surface area contributed by atoms with E-state index < -0.39 is 0 Å². The number of benzene rings is 9. The zero-order valence-electron chi connectivity index (χ0n) is 35.1. The minimum atomic E-state index is 0.00399. The lowest BCUT2D eigenvalue weighted by Gasteiger charge is -2.36. The van der Waals surface area contributed by atoms with Gasteiger partial charge in [0.15, 0.2) is 0 Å². The van der Waals surface area contributed by atoms with Crippen LogP contribution in [0.5, 0.6) is 0 Å². The summed E-state index contributed by atoms with van der Waals surface area (Å²) in [7, 11) is 0. The summed E-state index contributed by atoms with van der Waals surface area (Å²) in [6.07, 6.45) is 6.20. The molecule has 0 unspecified atom stereocenters. The SMILES string of the molecule is c1ccc2c(c1)sc1cc(-n3c4ccccc4c4cc5c(cc43)-c3ccc(-c4ccc6c7ccccc7n(-c7ccc8sc9ccccc9c8c7)c6c4)cc3C53CCCCC3)ccc12. The van der Waals surface area contributed by atoms with E-state index in [4.69, 9.17) is 0 Å². The van der Waals surface area contributed by atoms with E-state index in [1.165, 1.54) is 161 Å². The predicted molar refractivity (Wildman–Crippen MR) is 276 cm³/mol. The van der Waals surface area contributed by atoms with Crippen molar-refractivity contribution in [3.8, 4) is 33.6 Å². The van der Waals surface area contributed by atoms with Crippen molar-refractivity contribution in [3.05, 3.63) is 193 Å². The second-order valence-corrected chi connectivity index (χ2v) is 20.5. The van der Waals surface area contributed by atoms with Crippen molar-refractivity contribution in [1.29, 1.82) is 0 Å². The molecule has 1 fully saturated rings. The highest BCUT2D eigenvalue weighted by Crippen LogP contribution is 2.58. The fraction of sp³-hybridized carbons (Fsp3) is 0.100. The first-order valence-electron chi connectivity index (χ1n) is 22.8. The molecule has 0 aliphatic heterocycles. The van der Waals surface area contributed by atoms with Gasteiger partial charge in [-0.15, -0.1) is 22.7 Å². The van der Waals surface area contributed by atoms with E-state index in [2.05, 4.69) is 191 Å². The smallest absolute Gasteiger partial charge is 0.0547 e. The fourth-order valence-electron chi connectivity index (χ4n) is 12.2. The van der Waals surface area contributed by atoms with E-state index in [1.54, 1.807) is 0 Å². The molecule has 0 radical (unpaired) electrons. The molecule has 2 aliphatic rings. The van der Waals surface area contributed by atoms with E-state index in [0.29, 0.717) is 0 Å². The molecule has 302 valence electrons. The molecule has 0 amide bonds. The van der Waals surface area contributed by atoms with Crippen LogP contribution in [0.2, 0.25) is 0 Å². The number of para-hydroxylation sites is 2. The van der Waals surface area contributed by atoms with Crippen molar-refractivity contribution >= 4 is 107 Å². The Hall–Kier alpha value is -6.98. The molecule has 0 atom stereocenters. The number of nitrogens with zero attached hydrogens (tertiary/aromatic N) is 2. The molecule has 4 heterocycles. The lowest BCUT2D eigenvalue weighted by molar-refractivity contribution is 0.353. The van der Waals surface area contributed by atoms with Crippen LogP contribution in [0, 0.1) is 0 Å². The van der Waals surface area contributed by atoms with Gasteiger partial charge in [0, 0.05) is 78.7 Å². The summed E-state index contributed by atoms with van der Waals surface area (Å²) in [5.41, 5.74) is 15.9. The molecule has 1 saturated carbocycles. The van der Waals surface area contributed by atoms with E-state index in [9.17, 15) is 0 Å². The Morgan fingerprint density at radius 2 is 0.859 bits per heavy atom. The molecule has 4 heteroatoms. The minimum absolute atomic E-state index is 0.00399. The Bertz CT molecular complexity index is 4130. The van der Waals surface area contributed by atoms with Crippen molar-refractivity contribution in [3.63, 3.8) is 0 Å². The predicted octanol–water partition coefficient (Wildman–Crippen LogP) is 17.5. The first-order valence-corrected chi connectivity index (χ1v) is 24.4. The van der Waals surface area contributed by atoms with Crippen LogP contribution < -0.4 is 0 Å². The number of fused-ring (bicyclic) bond motifs is 17. The van der Waals surface area contributed by atoms with Crippen LogP contribution in [0.3, 0.4) is 0 Å². The van der Waals surface area contributed by atoms with Gasteiger partial charge in [-0.2, -0.15) is 0 Å². The van der Waals surface area contributed by atoms with Gasteiger partial charge < -0.3 is 9.13 Å². The van der Waals surface area contributed by atoms with Crippen molar-refractivity contribution < 1.29 is 0 Å². The molecule has 0 saturated heterocycles. The van der Waals surface area contributed by atoms with Crippen LogP contribution in [-0.4, -0.2) is 9.13 Å². The largest absolute Gasteiger partial charge is 0.309 e. The average molecular weight is 853 g/mol. The van der Waals surface area contributed by atoms with Gasteiger partial charge in [-0.05, 0) is 125 Å². The first-order chi connectivity index (χ1) is 31.7. The normalized spacial score (nSPS) is 14.7. The number of hydrogen-bond donors (Lipinski definition) is 0. The Morgan fingerprint density at radius 1 is 0.328 bits per heavy atom. The third-order valence-corrected chi connectivity index (χ3v) is 17.4. The molecule has 9 aromatic carbocycles. The van der Waals surface area contributed by atoms with Gasteiger partial charge in [0.2, 0.25) is 0 Å². The lowest BCUT2D eigenvalue weighted by atomic mass is 9.67. The Labute approximate surface area is 377 Å². The number of rotatable bonds is 3. The van der Waals surface area contributed by atoms with Gasteiger partial charge in [-0.1, -0.05) is 122 Å². The Kier molecular flexibility index (Phi) is 7.23. The van der Waals surface area contributed by atoms with Crippen LogP contribution in [0.25, 0.3) is 118 Å². The average Bonchev–Trinajstić information content (AvgIpc) is 4.14. The zero-order valence-corrected chi connectivity index (χ0v) is 36.7. The highest BCUT2D eigenvalue weighted by molar-refractivity contribution is 7.26. The fourth-order valence-corrected chi connectivity index (χ4v) is 14.5. The van der Waals surface area contributed by atoms with Crippen LogP contribution in [0.1, 0.15) is 43.2 Å². The summed E-state index contributed by atoms with van der Waals surface area (Å²) in [5.74, 6) is 0. The molecule has 13 aromatic rings. The highest BCUT2D eigenvalue weighted by Gasteiger charge is 2.44. The van der Waals surface area contributed by atoms with Gasteiger partial charge >= 0.3 is 0 Å². The number of aromatic nitrogens is 2. The molecule has 1 spiro atoms. The van der Waals surface area contributed by atoms with Gasteiger partial charge in [-0.25, -0.2) is 0 Å². The van der Waals surface area contributed by atoms with Crippen molar-refractivity contribution in [1.82, 2.24) is 9.13 Å². The maximum Gasteiger partial charge on any atom is 0.0547 e. The third-order valence-electron chi connectivity index (χ3n) is 15.1. The molecule has 0 bridgehead atoms.